The standard InChI is InChI=1S/C11H11NO2.Na/c13-11(14)6-5-8-7-12-10-4-2-1-3-9(8)10;/h1-4,7,12H,5-6H2,(H,13,14);/q;+1/p-1. The number of nitrogens with one attached hydrogen (secondary N) is 1. The molecule has 15 heavy (non-hydrogen) atoms. The Bertz CT molecular complexity index is 464. The molecule has 0 aliphatic rings. The molecule has 0 saturated carbocycles. The largest absolute Gasteiger partial charge is 1.00 e. The van der Waals surface area contributed by atoms with Crippen molar-refractivity contribution in [1.29, 1.82) is 0 Å². The molecule has 1 heterocycles. The minimum absolute atomic E-state index is 0. The number of rotatable bonds is 3. The summed E-state index contributed by atoms with van der Waals surface area (Å²) in [5.74, 6) is -1.00. The van der Waals surface area contributed by atoms with E-state index in [0.717, 1.165) is 16.5 Å². The molecule has 0 saturated heterocycles. The Hall–Kier alpha value is -0.770. The first-order valence-corrected chi connectivity index (χ1v) is 4.52. The second-order valence-electron chi connectivity index (χ2n) is 3.23. The molecule has 0 unspecified atom stereocenters. The van der Waals surface area contributed by atoms with Gasteiger partial charge in [-0.05, 0) is 24.5 Å². The summed E-state index contributed by atoms with van der Waals surface area (Å²) >= 11 is 0. The van der Waals surface area contributed by atoms with Gasteiger partial charge in [-0.15, -0.1) is 0 Å². The SMILES string of the molecule is O=C([O-])CCc1c[nH]c2ccccc12.[Na+]. The normalized spacial score (nSPS) is 9.87. The van der Waals surface area contributed by atoms with Crippen molar-refractivity contribution < 1.29 is 39.5 Å². The van der Waals surface area contributed by atoms with Crippen LogP contribution in [0, 0.1) is 0 Å². The maximum Gasteiger partial charge on any atom is 1.00 e. The Morgan fingerprint density at radius 3 is 2.80 bits per heavy atom. The molecule has 2 rings (SSSR count). The van der Waals surface area contributed by atoms with Crippen LogP contribution in [0.3, 0.4) is 0 Å². The van der Waals surface area contributed by atoms with Crippen molar-refractivity contribution in [2.24, 2.45) is 0 Å². The third kappa shape index (κ3) is 2.84. The van der Waals surface area contributed by atoms with E-state index in [-0.39, 0.29) is 36.0 Å². The number of para-hydroxylation sites is 1. The molecule has 72 valence electrons. The van der Waals surface area contributed by atoms with Gasteiger partial charge in [0.15, 0.2) is 0 Å². The number of hydrogen-bond acceptors (Lipinski definition) is 2. The number of H-pyrrole nitrogens is 1. The molecule has 0 aliphatic carbocycles. The number of carbonyl (C=O) groups is 1. The maximum atomic E-state index is 10.3. The number of carbonyl (C=O) groups excluding carboxylic acids is 1. The van der Waals surface area contributed by atoms with E-state index >= 15 is 0 Å². The maximum absolute atomic E-state index is 10.3. The van der Waals surface area contributed by atoms with Crippen LogP contribution in [-0.2, 0) is 11.2 Å². The fourth-order valence-corrected chi connectivity index (χ4v) is 1.58. The van der Waals surface area contributed by atoms with Crippen molar-refractivity contribution in [3.63, 3.8) is 0 Å². The van der Waals surface area contributed by atoms with Crippen molar-refractivity contribution >= 4 is 16.9 Å². The number of aromatic amines is 1. The molecule has 3 nitrogen and oxygen atoms in total. The molecule has 0 amide bonds. The number of aryl methyl sites for hydroxylation is 1. The van der Waals surface area contributed by atoms with Gasteiger partial charge in [0.2, 0.25) is 0 Å². The monoisotopic (exact) mass is 211 g/mol. The van der Waals surface area contributed by atoms with E-state index in [4.69, 9.17) is 0 Å². The predicted molar refractivity (Wildman–Crippen MR) is 51.6 cm³/mol. The van der Waals surface area contributed by atoms with Crippen molar-refractivity contribution in [2.45, 2.75) is 12.8 Å². The number of aromatic nitrogens is 1. The molecule has 0 fully saturated rings. The van der Waals surface area contributed by atoms with Crippen molar-refractivity contribution in [3.8, 4) is 0 Å². The van der Waals surface area contributed by atoms with Crippen molar-refractivity contribution in [3.05, 3.63) is 36.0 Å². The Labute approximate surface area is 110 Å². The zero-order valence-corrected chi connectivity index (χ0v) is 10.6. The summed E-state index contributed by atoms with van der Waals surface area (Å²) in [6, 6.07) is 7.84. The smallest absolute Gasteiger partial charge is 0.550 e. The van der Waals surface area contributed by atoms with Crippen LogP contribution in [0.1, 0.15) is 12.0 Å². The van der Waals surface area contributed by atoms with Gasteiger partial charge < -0.3 is 14.9 Å². The molecule has 4 heteroatoms. The van der Waals surface area contributed by atoms with Crippen LogP contribution in [0.15, 0.2) is 30.5 Å². The molecule has 0 atom stereocenters. The predicted octanol–water partition coefficient (Wildman–Crippen LogP) is -2.15. The van der Waals surface area contributed by atoms with Crippen LogP contribution < -0.4 is 34.7 Å². The van der Waals surface area contributed by atoms with E-state index in [1.54, 1.807) is 0 Å². The molecule has 1 N–H and O–H groups in total. The Balaban J connectivity index is 0.00000112. The van der Waals surface area contributed by atoms with E-state index in [2.05, 4.69) is 4.98 Å². The summed E-state index contributed by atoms with van der Waals surface area (Å²) in [6.45, 7) is 0. The first kappa shape index (κ1) is 12.3. The van der Waals surface area contributed by atoms with E-state index in [1.165, 1.54) is 0 Å². The van der Waals surface area contributed by atoms with E-state index < -0.39 is 5.97 Å². The molecule has 0 radical (unpaired) electrons. The van der Waals surface area contributed by atoms with Gasteiger partial charge >= 0.3 is 29.6 Å². The summed E-state index contributed by atoms with van der Waals surface area (Å²) < 4.78 is 0. The fourth-order valence-electron chi connectivity index (χ4n) is 1.58. The first-order chi connectivity index (χ1) is 6.77. The zero-order chi connectivity index (χ0) is 9.97. The molecule has 2 aromatic rings. The van der Waals surface area contributed by atoms with Gasteiger partial charge in [-0.1, -0.05) is 18.2 Å². The first-order valence-electron chi connectivity index (χ1n) is 4.52. The number of carboxylic acid groups (broad SMARTS) is 1. The molecule has 0 bridgehead atoms. The van der Waals surface area contributed by atoms with Crippen LogP contribution in [0.25, 0.3) is 10.9 Å². The molecule has 1 aromatic heterocycles. The average Bonchev–Trinajstić information content (AvgIpc) is 2.58. The molecular weight excluding hydrogens is 201 g/mol. The van der Waals surface area contributed by atoms with Gasteiger partial charge in [0.1, 0.15) is 0 Å². The number of benzene rings is 1. The summed E-state index contributed by atoms with van der Waals surface area (Å²) in [5.41, 5.74) is 2.07. The van der Waals surface area contributed by atoms with Crippen LogP contribution in [-0.4, -0.2) is 11.0 Å². The van der Waals surface area contributed by atoms with Crippen LogP contribution in [0.4, 0.5) is 0 Å². The Morgan fingerprint density at radius 2 is 2.07 bits per heavy atom. The third-order valence-electron chi connectivity index (χ3n) is 2.27. The van der Waals surface area contributed by atoms with E-state index in [0.29, 0.717) is 6.42 Å². The number of carboxylic acids is 1. The second kappa shape index (κ2) is 5.35. The van der Waals surface area contributed by atoms with Crippen LogP contribution in [0.2, 0.25) is 0 Å². The van der Waals surface area contributed by atoms with E-state index in [9.17, 15) is 9.90 Å². The Kier molecular flexibility index (Phi) is 4.39. The molecule has 0 spiro atoms. The van der Waals surface area contributed by atoms with Gasteiger partial charge in [-0.3, -0.25) is 0 Å². The fraction of sp³-hybridized carbons (Fsp3) is 0.182. The summed E-state index contributed by atoms with van der Waals surface area (Å²) in [5, 5.41) is 11.4. The molecule has 1 aromatic carbocycles. The minimum atomic E-state index is -1.00. The van der Waals surface area contributed by atoms with Gasteiger partial charge in [-0.2, -0.15) is 0 Å². The zero-order valence-electron chi connectivity index (χ0n) is 8.62. The van der Waals surface area contributed by atoms with Crippen LogP contribution >= 0.6 is 0 Å². The van der Waals surface area contributed by atoms with Crippen molar-refractivity contribution in [1.82, 2.24) is 4.98 Å². The average molecular weight is 211 g/mol. The van der Waals surface area contributed by atoms with Gasteiger partial charge in [-0.25, -0.2) is 0 Å². The topological polar surface area (TPSA) is 55.9 Å². The van der Waals surface area contributed by atoms with Gasteiger partial charge in [0.05, 0.1) is 0 Å². The van der Waals surface area contributed by atoms with Crippen molar-refractivity contribution in [2.75, 3.05) is 0 Å². The third-order valence-corrected chi connectivity index (χ3v) is 2.27. The molecule has 0 aliphatic heterocycles. The summed E-state index contributed by atoms with van der Waals surface area (Å²) in [7, 11) is 0. The quantitative estimate of drug-likeness (QED) is 0.589. The van der Waals surface area contributed by atoms with Gasteiger partial charge in [0.25, 0.3) is 0 Å². The Morgan fingerprint density at radius 1 is 1.33 bits per heavy atom. The second-order valence-corrected chi connectivity index (χ2v) is 3.23. The van der Waals surface area contributed by atoms with Crippen LogP contribution in [0.5, 0.6) is 0 Å². The minimum Gasteiger partial charge on any atom is -0.550 e. The van der Waals surface area contributed by atoms with Gasteiger partial charge in [0, 0.05) is 23.1 Å². The number of hydrogen-bond donors (Lipinski definition) is 1. The number of aliphatic carboxylic acids is 1. The number of fused-ring (bicyclic) bond motifs is 1. The summed E-state index contributed by atoms with van der Waals surface area (Å²) in [6.07, 6.45) is 2.45. The molecular formula is C11H10NNaO2. The summed E-state index contributed by atoms with van der Waals surface area (Å²) in [4.78, 5) is 13.4. The van der Waals surface area contributed by atoms with E-state index in [1.807, 2.05) is 30.5 Å².